The lowest BCUT2D eigenvalue weighted by Crippen LogP contribution is -2.02. The van der Waals surface area contributed by atoms with E-state index in [0.29, 0.717) is 5.02 Å². The first-order valence-electron chi connectivity index (χ1n) is 7.74. The molecule has 0 saturated heterocycles. The molecule has 4 rings (SSSR count). The maximum Gasteiger partial charge on any atom is 0.165 e. The van der Waals surface area contributed by atoms with Crippen LogP contribution in [0.3, 0.4) is 0 Å². The largest absolute Gasteiger partial charge is 0.340 e. The molecule has 4 aromatic rings. The van der Waals surface area contributed by atoms with Crippen molar-refractivity contribution < 1.29 is 0 Å². The summed E-state index contributed by atoms with van der Waals surface area (Å²) in [6.45, 7) is 1.98. The van der Waals surface area contributed by atoms with Crippen molar-refractivity contribution in [1.29, 1.82) is 0 Å². The third-order valence-corrected chi connectivity index (χ3v) is 4.65. The Labute approximate surface area is 158 Å². The molecule has 6 heteroatoms. The van der Waals surface area contributed by atoms with Crippen LogP contribution in [-0.2, 0) is 0 Å². The molecular formula is C19H14BrClN4. The number of hydrogen-bond acceptors (Lipinski definition) is 3. The lowest BCUT2D eigenvalue weighted by Gasteiger charge is -2.10. The van der Waals surface area contributed by atoms with Crippen LogP contribution in [0.15, 0.2) is 65.3 Å². The summed E-state index contributed by atoms with van der Waals surface area (Å²) < 4.78 is 2.86. The van der Waals surface area contributed by atoms with Crippen LogP contribution in [0.25, 0.3) is 16.8 Å². The minimum atomic E-state index is 0.710. The molecule has 0 aliphatic carbocycles. The van der Waals surface area contributed by atoms with E-state index < -0.39 is 0 Å². The summed E-state index contributed by atoms with van der Waals surface area (Å²) >= 11 is 9.45. The molecular weight excluding hydrogens is 400 g/mol. The van der Waals surface area contributed by atoms with Gasteiger partial charge in [-0.15, -0.1) is 0 Å². The smallest absolute Gasteiger partial charge is 0.165 e. The summed E-state index contributed by atoms with van der Waals surface area (Å²) in [5.74, 6) is 0.866. The second kappa shape index (κ2) is 6.50. The van der Waals surface area contributed by atoms with Crippen LogP contribution < -0.4 is 5.32 Å². The third-order valence-electron chi connectivity index (χ3n) is 3.87. The Balaban J connectivity index is 1.81. The Morgan fingerprint density at radius 1 is 1.04 bits per heavy atom. The zero-order chi connectivity index (χ0) is 17.4. The summed E-state index contributed by atoms with van der Waals surface area (Å²) in [4.78, 5) is 4.67. The Morgan fingerprint density at radius 3 is 2.48 bits per heavy atom. The molecule has 0 amide bonds. The highest BCUT2D eigenvalue weighted by atomic mass is 79.9. The monoisotopic (exact) mass is 412 g/mol. The van der Waals surface area contributed by atoms with Crippen LogP contribution in [0.4, 0.5) is 11.5 Å². The fourth-order valence-electron chi connectivity index (χ4n) is 2.69. The van der Waals surface area contributed by atoms with E-state index in [1.807, 2.05) is 72.2 Å². The maximum absolute atomic E-state index is 5.99. The van der Waals surface area contributed by atoms with Gasteiger partial charge in [-0.05, 0) is 48.9 Å². The van der Waals surface area contributed by atoms with Crippen molar-refractivity contribution in [3.8, 4) is 11.1 Å². The van der Waals surface area contributed by atoms with Crippen molar-refractivity contribution in [2.75, 3.05) is 5.32 Å². The lowest BCUT2D eigenvalue weighted by molar-refractivity contribution is 0.938. The Morgan fingerprint density at radius 2 is 1.76 bits per heavy atom. The molecule has 0 saturated carbocycles. The van der Waals surface area contributed by atoms with Crippen molar-refractivity contribution >= 4 is 44.7 Å². The van der Waals surface area contributed by atoms with Gasteiger partial charge in [0.1, 0.15) is 5.82 Å². The number of nitrogens with one attached hydrogen (secondary N) is 1. The summed E-state index contributed by atoms with van der Waals surface area (Å²) in [7, 11) is 0. The van der Waals surface area contributed by atoms with Gasteiger partial charge in [0.25, 0.3) is 0 Å². The van der Waals surface area contributed by atoms with Crippen LogP contribution in [-0.4, -0.2) is 14.6 Å². The van der Waals surface area contributed by atoms with E-state index in [1.54, 1.807) is 0 Å². The standard InChI is InChI=1S/C19H14BrClN4/c1-12-10-18(24-16-8-4-14(20)5-9-16)25-19(23-12)17(11-22-25)13-2-6-15(21)7-3-13/h2-11,24H,1H3. The first kappa shape index (κ1) is 16.1. The van der Waals surface area contributed by atoms with Gasteiger partial charge in [0, 0.05) is 32.5 Å². The fourth-order valence-corrected chi connectivity index (χ4v) is 3.08. The molecule has 0 aliphatic rings. The molecule has 0 radical (unpaired) electrons. The molecule has 2 aromatic heterocycles. The molecule has 0 unspecified atom stereocenters. The van der Waals surface area contributed by atoms with Crippen LogP contribution in [0.5, 0.6) is 0 Å². The van der Waals surface area contributed by atoms with Crippen molar-refractivity contribution in [2.45, 2.75) is 6.92 Å². The van der Waals surface area contributed by atoms with Gasteiger partial charge in [0.15, 0.2) is 5.65 Å². The second-order valence-corrected chi connectivity index (χ2v) is 7.07. The third kappa shape index (κ3) is 3.25. The number of hydrogen-bond donors (Lipinski definition) is 1. The number of aromatic nitrogens is 3. The van der Waals surface area contributed by atoms with E-state index in [9.17, 15) is 0 Å². The predicted octanol–water partition coefficient (Wildman–Crippen LogP) is 5.86. The molecule has 0 aliphatic heterocycles. The highest BCUT2D eigenvalue weighted by Gasteiger charge is 2.12. The SMILES string of the molecule is Cc1cc(Nc2ccc(Br)cc2)n2ncc(-c3ccc(Cl)cc3)c2n1. The maximum atomic E-state index is 5.99. The topological polar surface area (TPSA) is 42.2 Å². The first-order chi connectivity index (χ1) is 12.1. The van der Waals surface area contributed by atoms with Gasteiger partial charge in [-0.25, -0.2) is 4.98 Å². The fraction of sp³-hybridized carbons (Fsp3) is 0.0526. The van der Waals surface area contributed by atoms with E-state index in [0.717, 1.165) is 38.4 Å². The average Bonchev–Trinajstić information content (AvgIpc) is 3.01. The van der Waals surface area contributed by atoms with E-state index >= 15 is 0 Å². The zero-order valence-corrected chi connectivity index (χ0v) is 15.7. The molecule has 2 aromatic carbocycles. The zero-order valence-electron chi connectivity index (χ0n) is 13.4. The second-order valence-electron chi connectivity index (χ2n) is 5.72. The van der Waals surface area contributed by atoms with Crippen LogP contribution in [0.1, 0.15) is 5.69 Å². The van der Waals surface area contributed by atoms with Crippen LogP contribution >= 0.6 is 27.5 Å². The molecule has 25 heavy (non-hydrogen) atoms. The van der Waals surface area contributed by atoms with Gasteiger partial charge >= 0.3 is 0 Å². The first-order valence-corrected chi connectivity index (χ1v) is 8.91. The van der Waals surface area contributed by atoms with Gasteiger partial charge in [-0.3, -0.25) is 0 Å². The van der Waals surface area contributed by atoms with E-state index in [1.165, 1.54) is 0 Å². The Hall–Kier alpha value is -2.37. The summed E-state index contributed by atoms with van der Waals surface area (Å²) in [5.41, 5.74) is 4.72. The van der Waals surface area contributed by atoms with Crippen molar-refractivity contribution in [3.63, 3.8) is 0 Å². The highest BCUT2D eigenvalue weighted by Crippen LogP contribution is 2.28. The van der Waals surface area contributed by atoms with Crippen molar-refractivity contribution in [1.82, 2.24) is 14.6 Å². The number of halogens is 2. The molecule has 0 bridgehead atoms. The Bertz CT molecular complexity index is 1040. The number of benzene rings is 2. The van der Waals surface area contributed by atoms with Crippen molar-refractivity contribution in [2.24, 2.45) is 0 Å². The van der Waals surface area contributed by atoms with Gasteiger partial charge < -0.3 is 5.32 Å². The summed E-state index contributed by atoms with van der Waals surface area (Å²) in [5, 5.41) is 8.64. The number of aryl methyl sites for hydroxylation is 1. The van der Waals surface area contributed by atoms with Gasteiger partial charge in [0.2, 0.25) is 0 Å². The molecule has 1 N–H and O–H groups in total. The van der Waals surface area contributed by atoms with E-state index in [2.05, 4.69) is 31.3 Å². The molecule has 0 fully saturated rings. The van der Waals surface area contributed by atoms with E-state index in [4.69, 9.17) is 11.6 Å². The Kier molecular flexibility index (Phi) is 4.19. The number of nitrogens with zero attached hydrogens (tertiary/aromatic N) is 3. The quantitative estimate of drug-likeness (QED) is 0.457. The average molecular weight is 414 g/mol. The predicted molar refractivity (Wildman–Crippen MR) is 106 cm³/mol. The van der Waals surface area contributed by atoms with Gasteiger partial charge in [-0.2, -0.15) is 9.61 Å². The normalized spacial score (nSPS) is 11.0. The van der Waals surface area contributed by atoms with Gasteiger partial charge in [-0.1, -0.05) is 39.7 Å². The highest BCUT2D eigenvalue weighted by molar-refractivity contribution is 9.10. The number of fused-ring (bicyclic) bond motifs is 1. The van der Waals surface area contributed by atoms with Crippen LogP contribution in [0, 0.1) is 6.92 Å². The summed E-state index contributed by atoms with van der Waals surface area (Å²) in [6, 6.07) is 17.7. The minimum Gasteiger partial charge on any atom is -0.340 e. The molecule has 0 spiro atoms. The molecule has 0 atom stereocenters. The van der Waals surface area contributed by atoms with Gasteiger partial charge in [0.05, 0.1) is 6.20 Å². The molecule has 124 valence electrons. The summed E-state index contributed by atoms with van der Waals surface area (Å²) in [6.07, 6.45) is 1.83. The van der Waals surface area contributed by atoms with Crippen LogP contribution in [0.2, 0.25) is 5.02 Å². The van der Waals surface area contributed by atoms with E-state index in [-0.39, 0.29) is 0 Å². The van der Waals surface area contributed by atoms with Crippen molar-refractivity contribution in [3.05, 3.63) is 76.0 Å². The lowest BCUT2D eigenvalue weighted by atomic mass is 10.1. The number of rotatable bonds is 3. The number of anilines is 2. The molecule has 2 heterocycles. The molecule has 4 nitrogen and oxygen atoms in total. The minimum absolute atomic E-state index is 0.710.